The molecule has 0 aliphatic heterocycles. The SMILES string of the molecule is CCO[C@@H]1C[C@@H](NC(=O)c2c(NC(C)=O)c[nH]c2C)C12CCCCC2. The first-order valence-electron chi connectivity index (χ1n) is 9.36. The molecule has 6 heteroatoms. The van der Waals surface area contributed by atoms with Gasteiger partial charge in [0.2, 0.25) is 5.91 Å². The predicted octanol–water partition coefficient (Wildman–Crippen LogP) is 3.14. The van der Waals surface area contributed by atoms with Crippen LogP contribution in [-0.2, 0) is 9.53 Å². The molecule has 2 fully saturated rings. The Balaban J connectivity index is 1.75. The molecule has 3 N–H and O–H groups in total. The normalized spacial score (nSPS) is 24.6. The van der Waals surface area contributed by atoms with E-state index in [1.54, 1.807) is 6.20 Å². The fourth-order valence-corrected chi connectivity index (χ4v) is 4.60. The number of ether oxygens (including phenoxy) is 1. The van der Waals surface area contributed by atoms with Crippen LogP contribution < -0.4 is 10.6 Å². The third-order valence-electron chi connectivity index (χ3n) is 5.86. The van der Waals surface area contributed by atoms with Crippen molar-refractivity contribution in [3.05, 3.63) is 17.5 Å². The number of carbonyl (C=O) groups excluding carboxylic acids is 2. The van der Waals surface area contributed by atoms with E-state index in [1.807, 2.05) is 13.8 Å². The van der Waals surface area contributed by atoms with Crippen molar-refractivity contribution >= 4 is 17.5 Å². The molecule has 2 aliphatic carbocycles. The molecule has 25 heavy (non-hydrogen) atoms. The van der Waals surface area contributed by atoms with E-state index in [-0.39, 0.29) is 29.4 Å². The smallest absolute Gasteiger partial charge is 0.255 e. The minimum atomic E-state index is -0.183. The number of rotatable bonds is 5. The number of nitrogens with one attached hydrogen (secondary N) is 3. The molecule has 3 rings (SSSR count). The van der Waals surface area contributed by atoms with Gasteiger partial charge in [-0.3, -0.25) is 9.59 Å². The maximum atomic E-state index is 12.9. The maximum Gasteiger partial charge on any atom is 0.255 e. The van der Waals surface area contributed by atoms with Crippen molar-refractivity contribution in [2.24, 2.45) is 5.41 Å². The summed E-state index contributed by atoms with van der Waals surface area (Å²) in [4.78, 5) is 27.3. The zero-order valence-corrected chi connectivity index (χ0v) is 15.4. The Morgan fingerprint density at radius 2 is 2.04 bits per heavy atom. The van der Waals surface area contributed by atoms with Crippen molar-refractivity contribution in [1.29, 1.82) is 0 Å². The number of aryl methyl sites for hydroxylation is 1. The summed E-state index contributed by atoms with van der Waals surface area (Å²) in [5.74, 6) is -0.302. The standard InChI is InChI=1S/C19H29N3O3/c1-4-25-16-10-15(19(16)8-6-5-7-9-19)22-18(24)17-12(2)20-11-14(17)21-13(3)23/h11,15-16,20H,4-10H2,1-3H3,(H,21,23)(H,22,24)/t15-,16-/m1/s1. The minimum Gasteiger partial charge on any atom is -0.378 e. The van der Waals surface area contributed by atoms with Crippen molar-refractivity contribution in [3.8, 4) is 0 Å². The topological polar surface area (TPSA) is 83.2 Å². The highest BCUT2D eigenvalue weighted by atomic mass is 16.5. The average Bonchev–Trinajstić information content (AvgIpc) is 2.94. The summed E-state index contributed by atoms with van der Waals surface area (Å²) in [5.41, 5.74) is 1.92. The summed E-state index contributed by atoms with van der Waals surface area (Å²) in [6, 6.07) is 0.149. The van der Waals surface area contributed by atoms with E-state index in [1.165, 1.54) is 26.2 Å². The van der Waals surface area contributed by atoms with Gasteiger partial charge in [-0.1, -0.05) is 19.3 Å². The van der Waals surface area contributed by atoms with Gasteiger partial charge in [0, 0.05) is 36.9 Å². The minimum absolute atomic E-state index is 0.0856. The van der Waals surface area contributed by atoms with Gasteiger partial charge in [-0.15, -0.1) is 0 Å². The average molecular weight is 347 g/mol. The van der Waals surface area contributed by atoms with Crippen LogP contribution in [0.2, 0.25) is 0 Å². The number of anilines is 1. The number of aromatic amines is 1. The van der Waals surface area contributed by atoms with Gasteiger partial charge < -0.3 is 20.4 Å². The van der Waals surface area contributed by atoms with Gasteiger partial charge in [-0.25, -0.2) is 0 Å². The van der Waals surface area contributed by atoms with Crippen molar-refractivity contribution in [2.45, 2.75) is 71.4 Å². The monoisotopic (exact) mass is 347 g/mol. The molecule has 0 saturated heterocycles. The van der Waals surface area contributed by atoms with Crippen molar-refractivity contribution in [1.82, 2.24) is 10.3 Å². The van der Waals surface area contributed by atoms with E-state index in [4.69, 9.17) is 4.74 Å². The summed E-state index contributed by atoms with van der Waals surface area (Å²) in [6.45, 7) is 6.04. The second kappa shape index (κ2) is 7.20. The van der Waals surface area contributed by atoms with Crippen LogP contribution >= 0.6 is 0 Å². The molecule has 2 aliphatic rings. The lowest BCUT2D eigenvalue weighted by Gasteiger charge is -2.57. The van der Waals surface area contributed by atoms with Crippen LogP contribution in [0.5, 0.6) is 0 Å². The summed E-state index contributed by atoms with van der Waals surface area (Å²) < 4.78 is 5.96. The Bertz CT molecular complexity index is 646. The molecule has 2 saturated carbocycles. The molecule has 2 amide bonds. The van der Waals surface area contributed by atoms with E-state index < -0.39 is 0 Å². The molecule has 2 atom stereocenters. The van der Waals surface area contributed by atoms with E-state index in [0.29, 0.717) is 11.3 Å². The first-order valence-corrected chi connectivity index (χ1v) is 9.36. The third kappa shape index (κ3) is 3.32. The first-order chi connectivity index (χ1) is 12.0. The zero-order valence-electron chi connectivity index (χ0n) is 15.4. The quantitative estimate of drug-likeness (QED) is 0.765. The highest BCUT2D eigenvalue weighted by Crippen LogP contribution is 2.53. The Morgan fingerprint density at radius 3 is 2.68 bits per heavy atom. The number of carbonyl (C=O) groups is 2. The van der Waals surface area contributed by atoms with Crippen LogP contribution in [0.25, 0.3) is 0 Å². The van der Waals surface area contributed by atoms with Crippen molar-refractivity contribution in [3.63, 3.8) is 0 Å². The van der Waals surface area contributed by atoms with Gasteiger partial charge in [0.1, 0.15) is 0 Å². The largest absolute Gasteiger partial charge is 0.378 e. The number of H-pyrrole nitrogens is 1. The second-order valence-corrected chi connectivity index (χ2v) is 7.38. The molecule has 6 nitrogen and oxygen atoms in total. The fraction of sp³-hybridized carbons (Fsp3) is 0.684. The number of hydrogen-bond donors (Lipinski definition) is 3. The number of hydrogen-bond acceptors (Lipinski definition) is 3. The maximum absolute atomic E-state index is 12.9. The molecule has 138 valence electrons. The summed E-state index contributed by atoms with van der Waals surface area (Å²) in [5, 5.41) is 5.96. The highest BCUT2D eigenvalue weighted by molar-refractivity contribution is 6.04. The molecule has 0 aromatic carbocycles. The van der Waals surface area contributed by atoms with Gasteiger partial charge in [0.15, 0.2) is 0 Å². The van der Waals surface area contributed by atoms with Gasteiger partial charge in [-0.05, 0) is 33.1 Å². The van der Waals surface area contributed by atoms with Crippen LogP contribution in [0, 0.1) is 12.3 Å². The van der Waals surface area contributed by atoms with Gasteiger partial charge in [-0.2, -0.15) is 0 Å². The lowest BCUT2D eigenvalue weighted by Crippen LogP contribution is -2.65. The molecular formula is C19H29N3O3. The van der Waals surface area contributed by atoms with E-state index in [9.17, 15) is 9.59 Å². The Labute approximate surface area is 149 Å². The Morgan fingerprint density at radius 1 is 1.32 bits per heavy atom. The molecule has 1 spiro atoms. The molecule has 1 aromatic rings. The summed E-state index contributed by atoms with van der Waals surface area (Å²) in [7, 11) is 0. The van der Waals surface area contributed by atoms with Crippen LogP contribution in [0.1, 0.15) is 68.4 Å². The van der Waals surface area contributed by atoms with Crippen LogP contribution in [0.3, 0.4) is 0 Å². The number of amides is 2. The van der Waals surface area contributed by atoms with E-state index in [0.717, 1.165) is 31.6 Å². The summed E-state index contributed by atoms with van der Waals surface area (Å²) in [6.07, 6.45) is 8.72. The van der Waals surface area contributed by atoms with Crippen LogP contribution in [-0.4, -0.2) is 35.6 Å². The molecule has 0 bridgehead atoms. The van der Waals surface area contributed by atoms with Crippen LogP contribution in [0.15, 0.2) is 6.20 Å². The van der Waals surface area contributed by atoms with E-state index in [2.05, 4.69) is 15.6 Å². The molecule has 0 radical (unpaired) electrons. The molecular weight excluding hydrogens is 318 g/mol. The Kier molecular flexibility index (Phi) is 5.18. The molecule has 1 aromatic heterocycles. The van der Waals surface area contributed by atoms with Gasteiger partial charge in [0.05, 0.1) is 17.4 Å². The Hall–Kier alpha value is -1.82. The molecule has 1 heterocycles. The van der Waals surface area contributed by atoms with Gasteiger partial charge >= 0.3 is 0 Å². The van der Waals surface area contributed by atoms with Gasteiger partial charge in [0.25, 0.3) is 5.91 Å². The van der Waals surface area contributed by atoms with Crippen molar-refractivity contribution in [2.75, 3.05) is 11.9 Å². The molecule has 0 unspecified atom stereocenters. The third-order valence-corrected chi connectivity index (χ3v) is 5.86. The highest BCUT2D eigenvalue weighted by Gasteiger charge is 2.56. The first kappa shape index (κ1) is 18.0. The summed E-state index contributed by atoms with van der Waals surface area (Å²) >= 11 is 0. The van der Waals surface area contributed by atoms with Crippen LogP contribution in [0.4, 0.5) is 5.69 Å². The number of aromatic nitrogens is 1. The van der Waals surface area contributed by atoms with E-state index >= 15 is 0 Å². The zero-order chi connectivity index (χ0) is 18.0. The van der Waals surface area contributed by atoms with Crippen molar-refractivity contribution < 1.29 is 14.3 Å². The lowest BCUT2D eigenvalue weighted by molar-refractivity contribution is -0.146. The predicted molar refractivity (Wildman–Crippen MR) is 96.6 cm³/mol. The fourth-order valence-electron chi connectivity index (χ4n) is 4.60. The second-order valence-electron chi connectivity index (χ2n) is 7.38. The lowest BCUT2D eigenvalue weighted by atomic mass is 9.55.